The monoisotopic (exact) mass is 560 g/mol. The number of hydrazone groups is 2. The van der Waals surface area contributed by atoms with Crippen molar-refractivity contribution < 1.29 is 14.0 Å². The number of nitrogens with zero attached hydrogens (tertiary/aromatic N) is 2. The lowest BCUT2D eigenvalue weighted by atomic mass is 9.97. The molecule has 7 aromatic rings. The third-order valence-corrected chi connectivity index (χ3v) is 7.40. The van der Waals surface area contributed by atoms with Crippen molar-refractivity contribution in [3.05, 3.63) is 144 Å². The Hall–Kier alpha value is -6.08. The molecule has 1 aromatic heterocycles. The highest BCUT2D eigenvalue weighted by Gasteiger charge is 2.15. The maximum atomic E-state index is 12.8. The summed E-state index contributed by atoms with van der Waals surface area (Å²) in [6.07, 6.45) is 3.26. The van der Waals surface area contributed by atoms with Crippen molar-refractivity contribution in [3.63, 3.8) is 0 Å². The van der Waals surface area contributed by atoms with E-state index in [0.717, 1.165) is 54.2 Å². The first kappa shape index (κ1) is 25.9. The average Bonchev–Trinajstić information content (AvgIpc) is 3.55. The number of carbonyl (C=O) groups excluding carboxylic acids is 2. The molecule has 43 heavy (non-hydrogen) atoms. The SMILES string of the molecule is O=C(N/N=C/c1c2ccccc2cc2ccccc12)c1ccc(C(=O)N/N=C/c2c3ccccc3cc3ccccc23)o1. The van der Waals surface area contributed by atoms with Gasteiger partial charge in [0.15, 0.2) is 11.5 Å². The Balaban J connectivity index is 1.07. The van der Waals surface area contributed by atoms with E-state index in [1.165, 1.54) is 12.1 Å². The number of amides is 2. The van der Waals surface area contributed by atoms with Crippen molar-refractivity contribution in [2.45, 2.75) is 0 Å². The molecule has 7 rings (SSSR count). The summed E-state index contributed by atoms with van der Waals surface area (Å²) in [7, 11) is 0. The fourth-order valence-corrected chi connectivity index (χ4v) is 5.38. The van der Waals surface area contributed by atoms with Gasteiger partial charge in [0, 0.05) is 11.1 Å². The summed E-state index contributed by atoms with van der Waals surface area (Å²) in [6, 6.07) is 39.2. The van der Waals surface area contributed by atoms with Gasteiger partial charge in [-0.15, -0.1) is 0 Å². The summed E-state index contributed by atoms with van der Waals surface area (Å²) in [6.45, 7) is 0. The van der Waals surface area contributed by atoms with Gasteiger partial charge in [0.05, 0.1) is 12.4 Å². The van der Waals surface area contributed by atoms with Crippen LogP contribution in [-0.4, -0.2) is 24.2 Å². The average molecular weight is 561 g/mol. The number of nitrogens with one attached hydrogen (secondary N) is 2. The summed E-state index contributed by atoms with van der Waals surface area (Å²) in [4.78, 5) is 25.5. The molecular weight excluding hydrogens is 536 g/mol. The summed E-state index contributed by atoms with van der Waals surface area (Å²) in [5.74, 6) is -1.25. The standard InChI is InChI=1S/C36H24N4O3/c41-35(39-37-21-31-27-13-5-1-9-23(27)19-24-10-2-6-14-28(24)31)33-17-18-34(43-33)36(42)40-38-22-32-29-15-7-3-11-25(29)20-26-12-4-8-16-30(26)32/h1-22H,(H,39,41)(H,40,42)/b37-21+,38-22+. The van der Waals surface area contributed by atoms with E-state index >= 15 is 0 Å². The minimum Gasteiger partial charge on any atom is -0.446 e. The Kier molecular flexibility index (Phi) is 6.65. The highest BCUT2D eigenvalue weighted by molar-refractivity contribution is 6.14. The molecule has 0 saturated heterocycles. The molecule has 206 valence electrons. The van der Waals surface area contributed by atoms with Crippen LogP contribution in [0.3, 0.4) is 0 Å². The van der Waals surface area contributed by atoms with E-state index in [9.17, 15) is 9.59 Å². The van der Waals surface area contributed by atoms with Crippen LogP contribution in [0, 0.1) is 0 Å². The van der Waals surface area contributed by atoms with Gasteiger partial charge in [-0.05, 0) is 67.4 Å². The number of hydrogen-bond donors (Lipinski definition) is 2. The maximum absolute atomic E-state index is 12.8. The topological polar surface area (TPSA) is 96.1 Å². The van der Waals surface area contributed by atoms with E-state index in [0.29, 0.717) is 0 Å². The Bertz CT molecular complexity index is 1980. The highest BCUT2D eigenvalue weighted by atomic mass is 16.4. The highest BCUT2D eigenvalue weighted by Crippen LogP contribution is 2.28. The summed E-state index contributed by atoms with van der Waals surface area (Å²) in [5.41, 5.74) is 6.79. The van der Waals surface area contributed by atoms with Gasteiger partial charge in [-0.3, -0.25) is 9.59 Å². The van der Waals surface area contributed by atoms with Crippen LogP contribution in [0.5, 0.6) is 0 Å². The Morgan fingerprint density at radius 3 is 1.16 bits per heavy atom. The Morgan fingerprint density at radius 2 is 0.814 bits per heavy atom. The molecule has 2 N–H and O–H groups in total. The van der Waals surface area contributed by atoms with Crippen LogP contribution in [0.15, 0.2) is 136 Å². The lowest BCUT2D eigenvalue weighted by molar-refractivity contribution is 0.0902. The Labute approximate surface area is 246 Å². The first-order valence-electron chi connectivity index (χ1n) is 13.7. The van der Waals surface area contributed by atoms with E-state index in [1.807, 2.05) is 97.1 Å². The van der Waals surface area contributed by atoms with Gasteiger partial charge in [0.1, 0.15) is 0 Å². The lowest BCUT2D eigenvalue weighted by Gasteiger charge is -2.08. The smallest absolute Gasteiger partial charge is 0.307 e. The van der Waals surface area contributed by atoms with Gasteiger partial charge >= 0.3 is 11.8 Å². The minimum atomic E-state index is -0.578. The molecule has 0 bridgehead atoms. The lowest BCUT2D eigenvalue weighted by Crippen LogP contribution is -2.18. The fourth-order valence-electron chi connectivity index (χ4n) is 5.38. The predicted molar refractivity (Wildman–Crippen MR) is 172 cm³/mol. The van der Waals surface area contributed by atoms with Crippen molar-refractivity contribution in [1.82, 2.24) is 10.9 Å². The van der Waals surface area contributed by atoms with Crippen LogP contribution in [0.2, 0.25) is 0 Å². The second-order valence-corrected chi connectivity index (χ2v) is 10.0. The maximum Gasteiger partial charge on any atom is 0.307 e. The minimum absolute atomic E-state index is 0.0471. The van der Waals surface area contributed by atoms with Crippen molar-refractivity contribution in [1.29, 1.82) is 0 Å². The second kappa shape index (κ2) is 11.1. The van der Waals surface area contributed by atoms with Crippen LogP contribution in [0.25, 0.3) is 43.1 Å². The number of fused-ring (bicyclic) bond motifs is 4. The molecule has 7 nitrogen and oxygen atoms in total. The number of furan rings is 1. The molecule has 0 unspecified atom stereocenters. The van der Waals surface area contributed by atoms with Crippen LogP contribution in [-0.2, 0) is 0 Å². The molecule has 2 amide bonds. The van der Waals surface area contributed by atoms with Crippen molar-refractivity contribution in [2.24, 2.45) is 10.2 Å². The molecule has 0 aliphatic rings. The zero-order valence-electron chi connectivity index (χ0n) is 22.8. The summed E-state index contributed by atoms with van der Waals surface area (Å²) < 4.78 is 5.52. The molecule has 6 aromatic carbocycles. The third kappa shape index (κ3) is 5.00. The normalized spacial score (nSPS) is 11.7. The zero-order valence-corrected chi connectivity index (χ0v) is 22.8. The van der Waals surface area contributed by atoms with Gasteiger partial charge in [0.2, 0.25) is 0 Å². The molecule has 0 spiro atoms. The van der Waals surface area contributed by atoms with Gasteiger partial charge in [-0.1, -0.05) is 97.1 Å². The van der Waals surface area contributed by atoms with E-state index in [2.05, 4.69) is 33.2 Å². The van der Waals surface area contributed by atoms with E-state index < -0.39 is 11.8 Å². The zero-order chi connectivity index (χ0) is 29.2. The van der Waals surface area contributed by atoms with Gasteiger partial charge in [0.25, 0.3) is 0 Å². The van der Waals surface area contributed by atoms with Crippen LogP contribution < -0.4 is 10.9 Å². The van der Waals surface area contributed by atoms with E-state index in [4.69, 9.17) is 4.42 Å². The van der Waals surface area contributed by atoms with Crippen LogP contribution in [0.1, 0.15) is 32.2 Å². The van der Waals surface area contributed by atoms with Gasteiger partial charge < -0.3 is 4.42 Å². The van der Waals surface area contributed by atoms with Crippen LogP contribution >= 0.6 is 0 Å². The van der Waals surface area contributed by atoms with Crippen molar-refractivity contribution in [3.8, 4) is 0 Å². The Morgan fingerprint density at radius 1 is 0.488 bits per heavy atom. The van der Waals surface area contributed by atoms with Crippen LogP contribution in [0.4, 0.5) is 0 Å². The second-order valence-electron chi connectivity index (χ2n) is 10.0. The molecule has 1 heterocycles. The number of rotatable bonds is 6. The predicted octanol–water partition coefficient (Wildman–Crippen LogP) is 7.42. The summed E-state index contributed by atoms with van der Waals surface area (Å²) >= 11 is 0. The molecule has 0 radical (unpaired) electrons. The molecular formula is C36H24N4O3. The third-order valence-electron chi connectivity index (χ3n) is 7.40. The number of hydrogen-bond acceptors (Lipinski definition) is 5. The van der Waals surface area contributed by atoms with E-state index in [-0.39, 0.29) is 11.5 Å². The van der Waals surface area contributed by atoms with Gasteiger partial charge in [-0.2, -0.15) is 10.2 Å². The molecule has 0 aliphatic heterocycles. The molecule has 0 fully saturated rings. The molecule has 7 heteroatoms. The van der Waals surface area contributed by atoms with Gasteiger partial charge in [-0.25, -0.2) is 10.9 Å². The molecule has 0 aliphatic carbocycles. The van der Waals surface area contributed by atoms with Crippen molar-refractivity contribution in [2.75, 3.05) is 0 Å². The first-order valence-corrected chi connectivity index (χ1v) is 13.7. The molecule has 0 atom stereocenters. The van der Waals surface area contributed by atoms with E-state index in [1.54, 1.807) is 12.4 Å². The largest absolute Gasteiger partial charge is 0.446 e. The quantitative estimate of drug-likeness (QED) is 0.126. The number of carbonyl (C=O) groups is 2. The summed E-state index contributed by atoms with van der Waals surface area (Å²) in [5, 5.41) is 16.8. The van der Waals surface area contributed by atoms with Crippen molar-refractivity contribution >= 4 is 67.3 Å². The molecule has 0 saturated carbocycles. The number of benzene rings is 6. The fraction of sp³-hybridized carbons (Fsp3) is 0. The first-order chi connectivity index (χ1) is 21.2.